The molecule has 0 fully saturated rings. The number of thioether (sulfide) groups is 1. The van der Waals surface area contributed by atoms with Crippen molar-refractivity contribution in [1.29, 1.82) is 0 Å². The van der Waals surface area contributed by atoms with Crippen LogP contribution in [-0.4, -0.2) is 20.5 Å². The summed E-state index contributed by atoms with van der Waals surface area (Å²) in [6.07, 6.45) is 3.00. The first-order valence-corrected chi connectivity index (χ1v) is 7.38. The Morgan fingerprint density at radius 3 is 2.28 bits per heavy atom. The van der Waals surface area contributed by atoms with Crippen LogP contribution in [0, 0.1) is 0 Å². The van der Waals surface area contributed by atoms with E-state index in [1.165, 1.54) is 5.56 Å². The van der Waals surface area contributed by atoms with Gasteiger partial charge in [-0.3, -0.25) is 0 Å². The quantitative estimate of drug-likeness (QED) is 0.573. The van der Waals surface area contributed by atoms with Crippen molar-refractivity contribution in [2.24, 2.45) is 0 Å². The van der Waals surface area contributed by atoms with Gasteiger partial charge in [-0.1, -0.05) is 27.4 Å². The highest BCUT2D eigenvalue weighted by Gasteiger charge is 2.11. The molecule has 1 rings (SSSR count). The Bertz CT molecular complexity index is 386. The molecule has 0 bridgehead atoms. The van der Waals surface area contributed by atoms with E-state index in [0.717, 1.165) is 22.6 Å². The highest BCUT2D eigenvalue weighted by atomic mass is 32.2. The van der Waals surface area contributed by atoms with Crippen LogP contribution in [0.5, 0.6) is 5.75 Å². The van der Waals surface area contributed by atoms with Gasteiger partial charge in [0.25, 0.3) is 0 Å². The van der Waals surface area contributed by atoms with Crippen molar-refractivity contribution < 1.29 is 9.47 Å². The average molecular weight is 268 g/mol. The fourth-order valence-corrected chi connectivity index (χ4v) is 2.19. The maximum Gasteiger partial charge on any atom is 0.133 e. The SMILES string of the molecule is C=C(OC)c1cc(OC)c(SC)cc1CC.CC. The van der Waals surface area contributed by atoms with Crippen molar-refractivity contribution in [3.63, 3.8) is 0 Å². The van der Waals surface area contributed by atoms with E-state index in [0.29, 0.717) is 5.76 Å². The minimum Gasteiger partial charge on any atom is -0.497 e. The number of methoxy groups -OCH3 is 2. The van der Waals surface area contributed by atoms with Crippen LogP contribution in [0.2, 0.25) is 0 Å². The second kappa shape index (κ2) is 8.92. The van der Waals surface area contributed by atoms with Crippen molar-refractivity contribution in [3.8, 4) is 5.75 Å². The summed E-state index contributed by atoms with van der Waals surface area (Å²) in [5.41, 5.74) is 2.26. The topological polar surface area (TPSA) is 18.5 Å². The Morgan fingerprint density at radius 1 is 1.28 bits per heavy atom. The predicted octanol–water partition coefficient (Wildman–Crippen LogP) is 4.62. The van der Waals surface area contributed by atoms with Crippen molar-refractivity contribution >= 4 is 17.5 Å². The molecule has 0 N–H and O–H groups in total. The number of benzene rings is 1. The van der Waals surface area contributed by atoms with Gasteiger partial charge in [0, 0.05) is 10.5 Å². The van der Waals surface area contributed by atoms with Crippen LogP contribution in [0.4, 0.5) is 0 Å². The molecule has 0 aliphatic rings. The second-order valence-electron chi connectivity index (χ2n) is 3.35. The van der Waals surface area contributed by atoms with E-state index in [1.807, 2.05) is 26.2 Å². The predicted molar refractivity (Wildman–Crippen MR) is 81.5 cm³/mol. The third kappa shape index (κ3) is 3.98. The van der Waals surface area contributed by atoms with Crippen LogP contribution < -0.4 is 4.74 Å². The molecule has 0 unspecified atom stereocenters. The average Bonchev–Trinajstić information content (AvgIpc) is 2.46. The molecule has 1 aromatic carbocycles. The van der Waals surface area contributed by atoms with Crippen molar-refractivity contribution in [3.05, 3.63) is 29.8 Å². The van der Waals surface area contributed by atoms with Crippen LogP contribution in [-0.2, 0) is 11.2 Å². The normalized spacial score (nSPS) is 9.22. The van der Waals surface area contributed by atoms with Gasteiger partial charge >= 0.3 is 0 Å². The summed E-state index contributed by atoms with van der Waals surface area (Å²) in [5.74, 6) is 1.56. The van der Waals surface area contributed by atoms with Crippen molar-refractivity contribution in [2.75, 3.05) is 20.5 Å². The Kier molecular flexibility index (Phi) is 8.38. The minimum absolute atomic E-state index is 0.683. The molecule has 0 aliphatic heterocycles. The molecule has 18 heavy (non-hydrogen) atoms. The van der Waals surface area contributed by atoms with Crippen LogP contribution >= 0.6 is 11.8 Å². The van der Waals surface area contributed by atoms with E-state index in [2.05, 4.69) is 19.6 Å². The molecule has 0 radical (unpaired) electrons. The van der Waals surface area contributed by atoms with E-state index in [4.69, 9.17) is 9.47 Å². The van der Waals surface area contributed by atoms with E-state index >= 15 is 0 Å². The lowest BCUT2D eigenvalue weighted by Gasteiger charge is -2.14. The first-order valence-electron chi connectivity index (χ1n) is 6.16. The Labute approximate surface area is 115 Å². The van der Waals surface area contributed by atoms with Crippen molar-refractivity contribution in [1.82, 2.24) is 0 Å². The molecule has 0 heterocycles. The maximum atomic E-state index is 5.35. The van der Waals surface area contributed by atoms with Gasteiger partial charge in [0.2, 0.25) is 0 Å². The monoisotopic (exact) mass is 268 g/mol. The molecule has 0 saturated carbocycles. The number of rotatable bonds is 5. The van der Waals surface area contributed by atoms with E-state index in [-0.39, 0.29) is 0 Å². The zero-order valence-corrected chi connectivity index (χ0v) is 13.1. The summed E-state index contributed by atoms with van der Waals surface area (Å²) in [7, 11) is 3.32. The van der Waals surface area contributed by atoms with E-state index in [9.17, 15) is 0 Å². The largest absolute Gasteiger partial charge is 0.497 e. The lowest BCUT2D eigenvalue weighted by molar-refractivity contribution is 0.369. The summed E-state index contributed by atoms with van der Waals surface area (Å²) in [6.45, 7) is 10.0. The summed E-state index contributed by atoms with van der Waals surface area (Å²) in [5, 5.41) is 0. The maximum absolute atomic E-state index is 5.35. The van der Waals surface area contributed by atoms with Gasteiger partial charge in [-0.2, -0.15) is 0 Å². The molecule has 2 nitrogen and oxygen atoms in total. The fraction of sp³-hybridized carbons (Fsp3) is 0.467. The Morgan fingerprint density at radius 2 is 1.89 bits per heavy atom. The molecule has 102 valence electrons. The van der Waals surface area contributed by atoms with Gasteiger partial charge in [0.1, 0.15) is 11.5 Å². The van der Waals surface area contributed by atoms with Gasteiger partial charge in [0.05, 0.1) is 14.2 Å². The lowest BCUT2D eigenvalue weighted by Crippen LogP contribution is -1.97. The Balaban J connectivity index is 0.00000137. The highest BCUT2D eigenvalue weighted by molar-refractivity contribution is 7.98. The molecule has 3 heteroatoms. The second-order valence-corrected chi connectivity index (χ2v) is 4.19. The van der Waals surface area contributed by atoms with Gasteiger partial charge in [-0.05, 0) is 30.4 Å². The molecule has 1 aromatic rings. The number of hydrogen-bond donors (Lipinski definition) is 0. The molecule has 0 aromatic heterocycles. The van der Waals surface area contributed by atoms with Crippen molar-refractivity contribution in [2.45, 2.75) is 32.1 Å². The zero-order valence-electron chi connectivity index (χ0n) is 12.3. The number of aryl methyl sites for hydroxylation is 1. The highest BCUT2D eigenvalue weighted by Crippen LogP contribution is 2.33. The first kappa shape index (κ1) is 16.9. The Hall–Kier alpha value is -1.09. The molecule has 0 atom stereocenters. The fourth-order valence-electron chi connectivity index (χ4n) is 1.58. The summed E-state index contributed by atoms with van der Waals surface area (Å²) in [4.78, 5) is 1.15. The molecule has 0 aliphatic carbocycles. The zero-order chi connectivity index (χ0) is 14.1. The molecular weight excluding hydrogens is 244 g/mol. The summed E-state index contributed by atoms with van der Waals surface area (Å²) >= 11 is 1.68. The third-order valence-corrected chi connectivity index (χ3v) is 3.30. The standard InChI is InChI=1S/C13H18O2S.C2H6/c1-6-10-7-13(16-5)12(15-4)8-11(10)9(2)14-3;1-2/h7-8H,2,6H2,1,3-5H3;1-2H3. The lowest BCUT2D eigenvalue weighted by atomic mass is 10.0. The van der Waals surface area contributed by atoms with Crippen LogP contribution in [0.3, 0.4) is 0 Å². The molecule has 0 spiro atoms. The summed E-state index contributed by atoms with van der Waals surface area (Å²) < 4.78 is 10.5. The van der Waals surface area contributed by atoms with E-state index < -0.39 is 0 Å². The van der Waals surface area contributed by atoms with Gasteiger partial charge in [0.15, 0.2) is 0 Å². The molecule has 0 saturated heterocycles. The third-order valence-electron chi connectivity index (χ3n) is 2.54. The number of ether oxygens (including phenoxy) is 2. The smallest absolute Gasteiger partial charge is 0.133 e. The molecule has 0 amide bonds. The summed E-state index contributed by atoms with van der Waals surface area (Å²) in [6, 6.07) is 4.14. The number of hydrogen-bond acceptors (Lipinski definition) is 3. The van der Waals surface area contributed by atoms with Gasteiger partial charge in [-0.25, -0.2) is 0 Å². The van der Waals surface area contributed by atoms with Crippen LogP contribution in [0.1, 0.15) is 31.9 Å². The van der Waals surface area contributed by atoms with Gasteiger partial charge in [-0.15, -0.1) is 11.8 Å². The van der Waals surface area contributed by atoms with Gasteiger partial charge < -0.3 is 9.47 Å². The molecular formula is C15H24O2S. The first-order chi connectivity index (χ1) is 8.67. The minimum atomic E-state index is 0.683. The van der Waals surface area contributed by atoms with Crippen LogP contribution in [0.25, 0.3) is 5.76 Å². The van der Waals surface area contributed by atoms with Crippen LogP contribution in [0.15, 0.2) is 23.6 Å². The van der Waals surface area contributed by atoms with E-state index in [1.54, 1.807) is 26.0 Å².